The molecule has 8 heteroatoms. The number of nitriles is 1. The number of carbonyl (C=O) groups excluding carboxylic acids is 1. The molecule has 0 bridgehead atoms. The van der Waals surface area contributed by atoms with E-state index in [0.29, 0.717) is 33.0 Å². The lowest BCUT2D eigenvalue weighted by atomic mass is 10.1. The van der Waals surface area contributed by atoms with Crippen molar-refractivity contribution in [3.8, 4) is 17.6 Å². The van der Waals surface area contributed by atoms with Crippen molar-refractivity contribution in [1.82, 2.24) is 4.98 Å². The summed E-state index contributed by atoms with van der Waals surface area (Å²) in [4.78, 5) is 17.2. The standard InChI is InChI=1S/C19H15ClN2O4S/c1-27-18-13(7-21)12(6-15(22-18)11-2-3-11)19(23)24-8-10-4-14(20)17-16(5-10)25-9-26-17/h4-6,11H,2-3,8-9H2,1H3. The van der Waals surface area contributed by atoms with Crippen molar-refractivity contribution in [2.24, 2.45) is 0 Å². The molecule has 0 atom stereocenters. The van der Waals surface area contributed by atoms with Crippen LogP contribution < -0.4 is 9.47 Å². The topological polar surface area (TPSA) is 81.4 Å². The number of nitrogens with zero attached hydrogens (tertiary/aromatic N) is 2. The maximum atomic E-state index is 12.7. The van der Waals surface area contributed by atoms with Crippen LogP contribution in [0.4, 0.5) is 0 Å². The second kappa shape index (κ2) is 7.29. The summed E-state index contributed by atoms with van der Waals surface area (Å²) in [5.41, 5.74) is 2.03. The summed E-state index contributed by atoms with van der Waals surface area (Å²) in [7, 11) is 0. The molecule has 1 aromatic carbocycles. The highest BCUT2D eigenvalue weighted by atomic mass is 35.5. The Labute approximate surface area is 165 Å². The van der Waals surface area contributed by atoms with E-state index in [-0.39, 0.29) is 24.5 Å². The predicted molar refractivity (Wildman–Crippen MR) is 99.4 cm³/mol. The summed E-state index contributed by atoms with van der Waals surface area (Å²) in [6.45, 7) is 0.123. The zero-order valence-corrected chi connectivity index (χ0v) is 16.0. The molecule has 0 unspecified atom stereocenters. The molecule has 0 saturated heterocycles. The van der Waals surface area contributed by atoms with E-state index in [9.17, 15) is 10.1 Å². The van der Waals surface area contributed by atoms with E-state index < -0.39 is 5.97 Å². The molecule has 1 saturated carbocycles. The number of aromatic nitrogens is 1. The van der Waals surface area contributed by atoms with Crippen molar-refractivity contribution in [2.75, 3.05) is 13.0 Å². The number of rotatable bonds is 5. The molecule has 0 spiro atoms. The third kappa shape index (κ3) is 3.55. The maximum absolute atomic E-state index is 12.7. The van der Waals surface area contributed by atoms with Crippen molar-refractivity contribution >= 4 is 29.3 Å². The van der Waals surface area contributed by atoms with Gasteiger partial charge in [-0.15, -0.1) is 11.8 Å². The summed E-state index contributed by atoms with van der Waals surface area (Å²) in [6, 6.07) is 7.16. The van der Waals surface area contributed by atoms with Gasteiger partial charge in [-0.25, -0.2) is 9.78 Å². The number of carbonyl (C=O) groups is 1. The van der Waals surface area contributed by atoms with Gasteiger partial charge in [-0.2, -0.15) is 5.26 Å². The van der Waals surface area contributed by atoms with Gasteiger partial charge in [0, 0.05) is 11.6 Å². The zero-order chi connectivity index (χ0) is 19.0. The average molecular weight is 403 g/mol. The van der Waals surface area contributed by atoms with Crippen molar-refractivity contribution < 1.29 is 19.0 Å². The zero-order valence-electron chi connectivity index (χ0n) is 14.5. The molecule has 1 aliphatic carbocycles. The highest BCUT2D eigenvalue weighted by Gasteiger charge is 2.29. The van der Waals surface area contributed by atoms with Gasteiger partial charge in [0.1, 0.15) is 17.7 Å². The Kier molecular flexibility index (Phi) is 4.85. The van der Waals surface area contributed by atoms with Crippen LogP contribution in [-0.4, -0.2) is 24.0 Å². The number of esters is 1. The smallest absolute Gasteiger partial charge is 0.339 e. The molecular formula is C19H15ClN2O4S. The first kappa shape index (κ1) is 18.0. The monoisotopic (exact) mass is 402 g/mol. The molecule has 1 aliphatic heterocycles. The van der Waals surface area contributed by atoms with Crippen LogP contribution in [0.25, 0.3) is 0 Å². The highest BCUT2D eigenvalue weighted by Crippen LogP contribution is 2.41. The Morgan fingerprint density at radius 2 is 2.22 bits per heavy atom. The van der Waals surface area contributed by atoms with Gasteiger partial charge in [0.15, 0.2) is 11.5 Å². The van der Waals surface area contributed by atoms with Gasteiger partial charge < -0.3 is 14.2 Å². The quantitative estimate of drug-likeness (QED) is 0.545. The molecule has 0 radical (unpaired) electrons. The number of halogens is 1. The molecule has 0 N–H and O–H groups in total. The third-order valence-corrected chi connectivity index (χ3v) is 5.35. The summed E-state index contributed by atoms with van der Waals surface area (Å²) in [5, 5.41) is 10.4. The van der Waals surface area contributed by atoms with E-state index in [1.54, 1.807) is 18.2 Å². The maximum Gasteiger partial charge on any atom is 0.339 e. The largest absolute Gasteiger partial charge is 0.457 e. The van der Waals surface area contributed by atoms with Gasteiger partial charge >= 0.3 is 5.97 Å². The first-order chi connectivity index (χ1) is 13.1. The van der Waals surface area contributed by atoms with Crippen molar-refractivity contribution in [3.63, 3.8) is 0 Å². The van der Waals surface area contributed by atoms with Crippen LogP contribution in [0.3, 0.4) is 0 Å². The summed E-state index contributed by atoms with van der Waals surface area (Å²) >= 11 is 7.51. The lowest BCUT2D eigenvalue weighted by molar-refractivity contribution is 0.0471. The van der Waals surface area contributed by atoms with Gasteiger partial charge in [-0.3, -0.25) is 0 Å². The molecular weight excluding hydrogens is 388 g/mol. The second-order valence-electron chi connectivity index (χ2n) is 6.25. The van der Waals surface area contributed by atoms with E-state index in [1.807, 2.05) is 6.26 Å². The highest BCUT2D eigenvalue weighted by molar-refractivity contribution is 7.98. The molecule has 1 fully saturated rings. The van der Waals surface area contributed by atoms with Crippen molar-refractivity contribution in [2.45, 2.75) is 30.4 Å². The van der Waals surface area contributed by atoms with E-state index in [2.05, 4.69) is 11.1 Å². The number of hydrogen-bond donors (Lipinski definition) is 0. The van der Waals surface area contributed by atoms with Crippen molar-refractivity contribution in [1.29, 1.82) is 5.26 Å². The van der Waals surface area contributed by atoms with Crippen LogP contribution in [0.5, 0.6) is 11.5 Å². The van der Waals surface area contributed by atoms with Gasteiger partial charge in [-0.05, 0) is 42.9 Å². The van der Waals surface area contributed by atoms with E-state index >= 15 is 0 Å². The Bertz CT molecular complexity index is 969. The molecule has 2 aliphatic rings. The minimum Gasteiger partial charge on any atom is -0.457 e. The fourth-order valence-electron chi connectivity index (χ4n) is 2.88. The predicted octanol–water partition coefficient (Wildman–Crippen LogP) is 4.29. The fourth-order valence-corrected chi connectivity index (χ4v) is 3.72. The van der Waals surface area contributed by atoms with Crippen LogP contribution in [-0.2, 0) is 11.3 Å². The lowest BCUT2D eigenvalue weighted by Gasteiger charge is -2.11. The first-order valence-electron chi connectivity index (χ1n) is 8.35. The first-order valence-corrected chi connectivity index (χ1v) is 9.95. The number of benzene rings is 1. The molecule has 138 valence electrons. The molecule has 0 amide bonds. The lowest BCUT2D eigenvalue weighted by Crippen LogP contribution is -2.10. The van der Waals surface area contributed by atoms with E-state index in [0.717, 1.165) is 18.5 Å². The van der Waals surface area contributed by atoms with Gasteiger partial charge in [0.05, 0.1) is 16.1 Å². The molecule has 27 heavy (non-hydrogen) atoms. The van der Waals surface area contributed by atoms with Gasteiger partial charge in [0.25, 0.3) is 0 Å². The normalized spacial score (nSPS) is 14.7. The van der Waals surface area contributed by atoms with Crippen LogP contribution in [0.2, 0.25) is 5.02 Å². The summed E-state index contributed by atoms with van der Waals surface area (Å²) < 4.78 is 16.0. The Balaban J connectivity index is 1.57. The molecule has 6 nitrogen and oxygen atoms in total. The van der Waals surface area contributed by atoms with Crippen LogP contribution >= 0.6 is 23.4 Å². The molecule has 1 aromatic heterocycles. The van der Waals surface area contributed by atoms with Crippen LogP contribution in [0.15, 0.2) is 23.2 Å². The summed E-state index contributed by atoms with van der Waals surface area (Å²) in [5.74, 6) is 0.824. The van der Waals surface area contributed by atoms with Crippen LogP contribution in [0.1, 0.15) is 45.9 Å². The number of ether oxygens (including phenoxy) is 3. The number of hydrogen-bond acceptors (Lipinski definition) is 7. The number of pyridine rings is 1. The van der Waals surface area contributed by atoms with Crippen LogP contribution in [0, 0.1) is 11.3 Å². The Morgan fingerprint density at radius 3 is 2.93 bits per heavy atom. The Hall–Kier alpha value is -2.43. The minimum absolute atomic E-state index is 0.00967. The van der Waals surface area contributed by atoms with Crippen molar-refractivity contribution in [3.05, 3.63) is 45.6 Å². The van der Waals surface area contributed by atoms with E-state index in [4.69, 9.17) is 25.8 Å². The fraction of sp³-hybridized carbons (Fsp3) is 0.316. The number of fused-ring (bicyclic) bond motifs is 1. The number of thioether (sulfide) groups is 1. The summed E-state index contributed by atoms with van der Waals surface area (Å²) in [6.07, 6.45) is 3.94. The average Bonchev–Trinajstić information content (AvgIpc) is 3.42. The van der Waals surface area contributed by atoms with Gasteiger partial charge in [0.2, 0.25) is 6.79 Å². The van der Waals surface area contributed by atoms with E-state index in [1.165, 1.54) is 11.8 Å². The third-order valence-electron chi connectivity index (χ3n) is 4.38. The minimum atomic E-state index is -0.556. The molecule has 2 aromatic rings. The molecule has 2 heterocycles. The Morgan fingerprint density at radius 1 is 1.41 bits per heavy atom. The SMILES string of the molecule is CSc1nc(C2CC2)cc(C(=O)OCc2cc(Cl)c3c(c2)OCO3)c1C#N. The second-order valence-corrected chi connectivity index (χ2v) is 7.45. The van der Waals surface area contributed by atoms with Gasteiger partial charge in [-0.1, -0.05) is 11.6 Å². The molecule has 4 rings (SSSR count).